The van der Waals surface area contributed by atoms with Gasteiger partial charge in [0.05, 0.1) is 11.1 Å². The lowest BCUT2D eigenvalue weighted by molar-refractivity contribution is -0.135. The van der Waals surface area contributed by atoms with Crippen molar-refractivity contribution in [2.75, 3.05) is 5.33 Å². The number of phenols is 1. The molecule has 0 unspecified atom stereocenters. The van der Waals surface area contributed by atoms with Crippen LogP contribution in [0.1, 0.15) is 20.7 Å². The minimum Gasteiger partial charge on any atom is -0.508 e. The number of aliphatic carboxylic acids is 2. The molecule has 0 amide bonds. The smallest absolute Gasteiger partial charge is 0.337 e. The quantitative estimate of drug-likeness (QED) is 0.371. The van der Waals surface area contributed by atoms with Crippen molar-refractivity contribution in [2.45, 2.75) is 4.84 Å². The van der Waals surface area contributed by atoms with Gasteiger partial charge in [-0.25, -0.2) is 14.4 Å². The van der Waals surface area contributed by atoms with Crippen LogP contribution in [0.15, 0.2) is 54.6 Å². The summed E-state index contributed by atoms with van der Waals surface area (Å²) in [6.45, 7) is 0. The van der Waals surface area contributed by atoms with Crippen LogP contribution in [0.25, 0.3) is 0 Å². The molecule has 12 heteroatoms. The highest BCUT2D eigenvalue weighted by atomic mass is 79.9. The largest absolute Gasteiger partial charge is 0.508 e. The first-order valence-electron chi connectivity index (χ1n) is 7.51. The molecule has 0 aliphatic rings. The molecule has 5 N–H and O–H groups in total. The van der Waals surface area contributed by atoms with Crippen molar-refractivity contribution < 1.29 is 44.7 Å². The maximum Gasteiger partial charge on any atom is 0.337 e. The number of alkyl halides is 3. The summed E-state index contributed by atoms with van der Waals surface area (Å²) in [4.78, 5) is 37.9. The van der Waals surface area contributed by atoms with Gasteiger partial charge in [-0.15, -0.1) is 0 Å². The second kappa shape index (κ2) is 17.1. The lowest BCUT2D eigenvalue weighted by Crippen LogP contribution is -2.03. The lowest BCUT2D eigenvalue weighted by atomic mass is 10.2. The van der Waals surface area contributed by atoms with E-state index in [2.05, 4.69) is 15.9 Å². The number of rotatable bonds is 4. The van der Waals surface area contributed by atoms with Gasteiger partial charge in [0.25, 0.3) is 0 Å². The fourth-order valence-electron chi connectivity index (χ4n) is 1.18. The molecule has 2 aromatic rings. The molecular formula is C18H17BrCl2O9. The second-order valence-electron chi connectivity index (χ2n) is 4.69. The Bertz CT molecular complexity index is 797. The van der Waals surface area contributed by atoms with Crippen LogP contribution in [0.5, 0.6) is 5.75 Å². The van der Waals surface area contributed by atoms with Gasteiger partial charge in [-0.1, -0.05) is 57.3 Å². The molecule has 2 rings (SSSR count). The third-order valence-electron chi connectivity index (χ3n) is 2.44. The number of aromatic carboxylic acids is 2. The maximum atomic E-state index is 10.2. The first-order valence-corrected chi connectivity index (χ1v) is 9.51. The average molecular weight is 528 g/mol. The fraction of sp³-hybridized carbons (Fsp3) is 0.111. The molecule has 0 radical (unpaired) electrons. The Morgan fingerprint density at radius 1 is 0.767 bits per heavy atom. The number of benzene rings is 2. The first kappa shape index (κ1) is 29.4. The van der Waals surface area contributed by atoms with Crippen molar-refractivity contribution in [3.8, 4) is 5.75 Å². The van der Waals surface area contributed by atoms with Gasteiger partial charge in [0.1, 0.15) is 11.1 Å². The van der Waals surface area contributed by atoms with Gasteiger partial charge in [-0.2, -0.15) is 0 Å². The summed E-state index contributed by atoms with van der Waals surface area (Å²) in [7, 11) is 0. The molecule has 0 heterocycles. The number of carbonyl (C=O) groups is 4. The van der Waals surface area contributed by atoms with Crippen LogP contribution >= 0.6 is 39.1 Å². The van der Waals surface area contributed by atoms with Crippen LogP contribution < -0.4 is 0 Å². The summed E-state index contributed by atoms with van der Waals surface area (Å²) in [6.07, 6.45) is 0. The van der Waals surface area contributed by atoms with E-state index in [-0.39, 0.29) is 16.6 Å². The number of carboxylic acid groups (broad SMARTS) is 4. The number of hydrogen-bond acceptors (Lipinski definition) is 5. The van der Waals surface area contributed by atoms with E-state index in [1.165, 1.54) is 24.3 Å². The Balaban J connectivity index is 0. The molecule has 9 nitrogen and oxygen atoms in total. The molecule has 0 atom stereocenters. The molecule has 0 saturated carbocycles. The van der Waals surface area contributed by atoms with Gasteiger partial charge < -0.3 is 25.5 Å². The first-order chi connectivity index (χ1) is 13.9. The Hall–Kier alpha value is -2.82. The maximum absolute atomic E-state index is 10.2. The minimum absolute atomic E-state index is 0.0347. The molecule has 0 spiro atoms. The number of halogens is 3. The topological polar surface area (TPSA) is 169 Å². The predicted molar refractivity (Wildman–Crippen MR) is 113 cm³/mol. The highest BCUT2D eigenvalue weighted by molar-refractivity contribution is 9.09. The number of phenolic OH excluding ortho intramolecular Hbond substituents is 1. The van der Waals surface area contributed by atoms with E-state index >= 15 is 0 Å². The van der Waals surface area contributed by atoms with Crippen LogP contribution in [-0.4, -0.2) is 59.6 Å². The van der Waals surface area contributed by atoms with Crippen molar-refractivity contribution in [3.05, 3.63) is 65.7 Å². The Kier molecular flexibility index (Phi) is 16.7. The molecule has 164 valence electrons. The van der Waals surface area contributed by atoms with E-state index in [4.69, 9.17) is 48.7 Å². The van der Waals surface area contributed by atoms with Gasteiger partial charge in [0.15, 0.2) is 0 Å². The van der Waals surface area contributed by atoms with E-state index in [0.29, 0.717) is 5.56 Å². The van der Waals surface area contributed by atoms with Gasteiger partial charge in [-0.05, 0) is 36.4 Å². The Morgan fingerprint density at radius 2 is 1.10 bits per heavy atom. The van der Waals surface area contributed by atoms with Gasteiger partial charge in [0.2, 0.25) is 4.84 Å². The summed E-state index contributed by atoms with van der Waals surface area (Å²) in [5.41, 5.74) is 0.510. The minimum atomic E-state index is -1.29. The number of hydrogen-bond donors (Lipinski definition) is 5. The average Bonchev–Trinajstić information content (AvgIpc) is 2.70. The van der Waals surface area contributed by atoms with E-state index in [0.717, 1.165) is 0 Å². The molecule has 0 aromatic heterocycles. The van der Waals surface area contributed by atoms with E-state index in [9.17, 15) is 19.2 Å². The van der Waals surface area contributed by atoms with Crippen LogP contribution in [0.4, 0.5) is 0 Å². The van der Waals surface area contributed by atoms with Gasteiger partial charge in [-0.3, -0.25) is 4.79 Å². The molecule has 0 bridgehead atoms. The van der Waals surface area contributed by atoms with Crippen molar-refractivity contribution in [3.63, 3.8) is 0 Å². The highest BCUT2D eigenvalue weighted by Gasteiger charge is 2.05. The summed E-state index contributed by atoms with van der Waals surface area (Å²) in [6, 6.07) is 13.7. The predicted octanol–water partition coefficient (Wildman–Crippen LogP) is 3.82. The summed E-state index contributed by atoms with van der Waals surface area (Å²) in [5.74, 6) is -3.83. The van der Waals surface area contributed by atoms with Gasteiger partial charge in [0, 0.05) is 0 Å². The van der Waals surface area contributed by atoms with Crippen molar-refractivity contribution in [1.29, 1.82) is 0 Å². The molecule has 0 aliphatic carbocycles. The van der Waals surface area contributed by atoms with Crippen molar-refractivity contribution in [2.24, 2.45) is 0 Å². The zero-order chi connectivity index (χ0) is 23.7. The second-order valence-corrected chi connectivity index (χ2v) is 6.35. The standard InChI is InChI=1S/C7H6O3.C7H6O2.C2H3BrO2.C2H2Cl2O2/c8-6-3-1-5(2-4-6)7(9)10;8-7(9)6-4-2-1-3-5-6;3-1-2(4)5;3-1(4)2(5)6/h1-4,8H,(H,9,10);1-5H,(H,8,9);1H2,(H,4,5);1H,(H,5,6). The molecule has 0 aliphatic heterocycles. The molecule has 0 saturated heterocycles. The van der Waals surface area contributed by atoms with Crippen LogP contribution in [-0.2, 0) is 9.59 Å². The number of aromatic hydroxyl groups is 1. The third kappa shape index (κ3) is 17.3. The summed E-state index contributed by atoms with van der Waals surface area (Å²) in [5, 5.41) is 41.0. The van der Waals surface area contributed by atoms with Crippen LogP contribution in [0.2, 0.25) is 0 Å². The summed E-state index contributed by atoms with van der Waals surface area (Å²) >= 11 is 12.3. The third-order valence-corrected chi connectivity index (χ3v) is 3.29. The van der Waals surface area contributed by atoms with Crippen LogP contribution in [0.3, 0.4) is 0 Å². The zero-order valence-corrected chi connectivity index (χ0v) is 18.1. The monoisotopic (exact) mass is 526 g/mol. The Labute approximate surface area is 189 Å². The van der Waals surface area contributed by atoms with Crippen molar-refractivity contribution in [1.82, 2.24) is 0 Å². The van der Waals surface area contributed by atoms with Crippen LogP contribution in [0, 0.1) is 0 Å². The molecular weight excluding hydrogens is 511 g/mol. The normalized spacial score (nSPS) is 8.80. The summed E-state index contributed by atoms with van der Waals surface area (Å²) < 4.78 is 0. The Morgan fingerprint density at radius 3 is 1.33 bits per heavy atom. The fourth-order valence-corrected chi connectivity index (χ4v) is 1.18. The van der Waals surface area contributed by atoms with Crippen molar-refractivity contribution >= 4 is 63.0 Å². The molecule has 2 aromatic carbocycles. The highest BCUT2D eigenvalue weighted by Crippen LogP contribution is 2.08. The number of carboxylic acids is 4. The molecule has 30 heavy (non-hydrogen) atoms. The molecule has 0 fully saturated rings. The zero-order valence-electron chi connectivity index (χ0n) is 15.0. The lowest BCUT2D eigenvalue weighted by Gasteiger charge is -1.92. The van der Waals surface area contributed by atoms with E-state index < -0.39 is 28.7 Å². The van der Waals surface area contributed by atoms with E-state index in [1.54, 1.807) is 30.3 Å². The van der Waals surface area contributed by atoms with E-state index in [1.807, 2.05) is 0 Å². The van der Waals surface area contributed by atoms with Gasteiger partial charge >= 0.3 is 23.9 Å². The SMILES string of the molecule is O=C(O)C(Cl)Cl.O=C(O)CBr.O=C(O)c1ccc(O)cc1.O=C(O)c1ccccc1.